The van der Waals surface area contributed by atoms with Crippen LogP contribution in [0.3, 0.4) is 0 Å². The second kappa shape index (κ2) is 7.22. The highest BCUT2D eigenvalue weighted by Crippen LogP contribution is 2.39. The first-order valence-electron chi connectivity index (χ1n) is 7.10. The highest BCUT2D eigenvalue weighted by atomic mass is 16.6. The van der Waals surface area contributed by atoms with Crippen LogP contribution in [0.1, 0.15) is 52.4 Å². The van der Waals surface area contributed by atoms with Crippen molar-refractivity contribution in [3.63, 3.8) is 0 Å². The van der Waals surface area contributed by atoms with Gasteiger partial charge in [-0.25, -0.2) is 0 Å². The van der Waals surface area contributed by atoms with Crippen LogP contribution in [0.2, 0.25) is 0 Å². The van der Waals surface area contributed by atoms with Crippen molar-refractivity contribution in [2.24, 2.45) is 5.92 Å². The predicted molar refractivity (Wildman–Crippen MR) is 70.5 cm³/mol. The Morgan fingerprint density at radius 2 is 1.89 bits per heavy atom. The number of hydrogen-bond donors (Lipinski definition) is 3. The minimum atomic E-state index is -0.821. The van der Waals surface area contributed by atoms with Crippen LogP contribution < -0.4 is 0 Å². The van der Waals surface area contributed by atoms with Gasteiger partial charge < -0.3 is 20.1 Å². The molecule has 19 heavy (non-hydrogen) atoms. The predicted octanol–water partition coefficient (Wildman–Crippen LogP) is 0.993. The van der Waals surface area contributed by atoms with Gasteiger partial charge in [0.15, 0.2) is 0 Å². The van der Waals surface area contributed by atoms with Crippen LogP contribution in [-0.4, -0.2) is 45.7 Å². The lowest BCUT2D eigenvalue weighted by atomic mass is 9.74. The molecule has 0 aliphatic heterocycles. The zero-order valence-electron chi connectivity index (χ0n) is 11.8. The van der Waals surface area contributed by atoms with Crippen molar-refractivity contribution in [3.05, 3.63) is 0 Å². The number of carbonyl (C=O) groups is 1. The van der Waals surface area contributed by atoms with E-state index in [4.69, 9.17) is 9.84 Å². The topological polar surface area (TPSA) is 87.0 Å². The Hall–Kier alpha value is -0.650. The molecule has 2 atom stereocenters. The van der Waals surface area contributed by atoms with E-state index in [0.717, 1.165) is 12.8 Å². The van der Waals surface area contributed by atoms with Gasteiger partial charge in [-0.05, 0) is 51.9 Å². The number of hydrogen-bond acceptors (Lipinski definition) is 5. The summed E-state index contributed by atoms with van der Waals surface area (Å²) in [5.41, 5.74) is -0.821. The molecule has 0 spiro atoms. The third-order valence-corrected chi connectivity index (χ3v) is 4.18. The molecule has 0 bridgehead atoms. The normalized spacial score (nSPS) is 30.7. The highest BCUT2D eigenvalue weighted by Gasteiger charge is 2.43. The standard InChI is InChI=1S/C14H26O5/c1-10(16)12-5-7-14(8-6-12,11(2)17)19-13(18)4-3-9-15/h10-12,15-17H,3-9H2,1-2H3. The fourth-order valence-corrected chi connectivity index (χ4v) is 2.72. The van der Waals surface area contributed by atoms with Crippen LogP contribution in [0.25, 0.3) is 0 Å². The van der Waals surface area contributed by atoms with Crippen molar-refractivity contribution in [1.29, 1.82) is 0 Å². The van der Waals surface area contributed by atoms with Crippen molar-refractivity contribution < 1.29 is 24.9 Å². The van der Waals surface area contributed by atoms with E-state index in [1.54, 1.807) is 13.8 Å². The van der Waals surface area contributed by atoms with Gasteiger partial charge in [-0.2, -0.15) is 0 Å². The van der Waals surface area contributed by atoms with Crippen LogP contribution in [0.4, 0.5) is 0 Å². The van der Waals surface area contributed by atoms with Crippen LogP contribution in [0, 0.1) is 5.92 Å². The van der Waals surface area contributed by atoms with E-state index >= 15 is 0 Å². The summed E-state index contributed by atoms with van der Waals surface area (Å²) in [4.78, 5) is 11.7. The Morgan fingerprint density at radius 1 is 1.32 bits per heavy atom. The molecule has 5 nitrogen and oxygen atoms in total. The Balaban J connectivity index is 2.60. The van der Waals surface area contributed by atoms with E-state index in [0.29, 0.717) is 19.3 Å². The van der Waals surface area contributed by atoms with Gasteiger partial charge in [0.1, 0.15) is 5.60 Å². The quantitative estimate of drug-likeness (QED) is 0.629. The molecule has 1 aliphatic rings. The number of esters is 1. The average Bonchev–Trinajstić information content (AvgIpc) is 2.36. The maximum absolute atomic E-state index is 11.7. The van der Waals surface area contributed by atoms with E-state index in [2.05, 4.69) is 0 Å². The number of carbonyl (C=O) groups excluding carboxylic acids is 1. The number of ether oxygens (including phenoxy) is 1. The molecule has 0 radical (unpaired) electrons. The molecule has 0 aromatic carbocycles. The summed E-state index contributed by atoms with van der Waals surface area (Å²) < 4.78 is 5.49. The van der Waals surface area contributed by atoms with Crippen molar-refractivity contribution in [1.82, 2.24) is 0 Å². The molecule has 0 heterocycles. The summed E-state index contributed by atoms with van der Waals surface area (Å²) in [6, 6.07) is 0. The van der Waals surface area contributed by atoms with Gasteiger partial charge in [0.2, 0.25) is 0 Å². The van der Waals surface area contributed by atoms with E-state index in [1.165, 1.54) is 0 Å². The van der Waals surface area contributed by atoms with Crippen molar-refractivity contribution >= 4 is 5.97 Å². The molecule has 1 saturated carbocycles. The molecule has 5 heteroatoms. The van der Waals surface area contributed by atoms with Crippen molar-refractivity contribution in [2.75, 3.05) is 6.61 Å². The third-order valence-electron chi connectivity index (χ3n) is 4.18. The van der Waals surface area contributed by atoms with Gasteiger partial charge in [-0.3, -0.25) is 4.79 Å². The van der Waals surface area contributed by atoms with Crippen LogP contribution >= 0.6 is 0 Å². The largest absolute Gasteiger partial charge is 0.456 e. The summed E-state index contributed by atoms with van der Waals surface area (Å²) in [7, 11) is 0. The average molecular weight is 274 g/mol. The van der Waals surface area contributed by atoms with Crippen LogP contribution in [0.5, 0.6) is 0 Å². The second-order valence-corrected chi connectivity index (χ2v) is 5.62. The van der Waals surface area contributed by atoms with Gasteiger partial charge in [-0.15, -0.1) is 0 Å². The zero-order chi connectivity index (χ0) is 14.5. The Bertz CT molecular complexity index is 280. The first-order chi connectivity index (χ1) is 8.91. The molecule has 2 unspecified atom stereocenters. The fourth-order valence-electron chi connectivity index (χ4n) is 2.72. The molecule has 1 fully saturated rings. The minimum Gasteiger partial charge on any atom is -0.456 e. The summed E-state index contributed by atoms with van der Waals surface area (Å²) in [6.45, 7) is 3.37. The summed E-state index contributed by atoms with van der Waals surface area (Å²) in [5.74, 6) is -0.159. The minimum absolute atomic E-state index is 0.0408. The number of rotatable bonds is 6. The zero-order valence-corrected chi connectivity index (χ0v) is 11.8. The molecular formula is C14H26O5. The number of aliphatic hydroxyl groups is 3. The SMILES string of the molecule is CC(O)C1CCC(OC(=O)CCCO)(C(C)O)CC1. The summed E-state index contributed by atoms with van der Waals surface area (Å²) >= 11 is 0. The van der Waals surface area contributed by atoms with Gasteiger partial charge in [-0.1, -0.05) is 0 Å². The number of aliphatic hydroxyl groups excluding tert-OH is 3. The maximum atomic E-state index is 11.7. The molecule has 1 aliphatic carbocycles. The van der Waals surface area contributed by atoms with Gasteiger partial charge in [0.25, 0.3) is 0 Å². The molecule has 3 N–H and O–H groups in total. The Morgan fingerprint density at radius 3 is 2.32 bits per heavy atom. The monoisotopic (exact) mass is 274 g/mol. The Kier molecular flexibility index (Phi) is 6.23. The maximum Gasteiger partial charge on any atom is 0.306 e. The molecule has 1 rings (SSSR count). The smallest absolute Gasteiger partial charge is 0.306 e. The van der Waals surface area contributed by atoms with Gasteiger partial charge in [0, 0.05) is 13.0 Å². The van der Waals surface area contributed by atoms with E-state index in [1.807, 2.05) is 0 Å². The third kappa shape index (κ3) is 4.44. The lowest BCUT2D eigenvalue weighted by Gasteiger charge is -2.42. The molecule has 0 aromatic rings. The highest BCUT2D eigenvalue weighted by molar-refractivity contribution is 5.70. The molecular weight excluding hydrogens is 248 g/mol. The second-order valence-electron chi connectivity index (χ2n) is 5.62. The molecule has 0 aromatic heterocycles. The van der Waals surface area contributed by atoms with E-state index in [9.17, 15) is 15.0 Å². The van der Waals surface area contributed by atoms with Gasteiger partial charge >= 0.3 is 5.97 Å². The Labute approximate surface area is 114 Å². The summed E-state index contributed by atoms with van der Waals surface area (Å²) in [6.07, 6.45) is 2.11. The molecule has 0 amide bonds. The van der Waals surface area contributed by atoms with Crippen molar-refractivity contribution in [3.8, 4) is 0 Å². The lowest BCUT2D eigenvalue weighted by Crippen LogP contribution is -2.48. The van der Waals surface area contributed by atoms with Crippen LogP contribution in [0.15, 0.2) is 0 Å². The fraction of sp³-hybridized carbons (Fsp3) is 0.929. The van der Waals surface area contributed by atoms with Crippen LogP contribution in [-0.2, 0) is 9.53 Å². The summed E-state index contributed by atoms with van der Waals surface area (Å²) in [5, 5.41) is 28.2. The lowest BCUT2D eigenvalue weighted by molar-refractivity contribution is -0.181. The molecule has 0 saturated heterocycles. The molecule has 112 valence electrons. The first kappa shape index (κ1) is 16.4. The first-order valence-corrected chi connectivity index (χ1v) is 7.10. The van der Waals surface area contributed by atoms with Gasteiger partial charge in [0.05, 0.1) is 12.2 Å². The van der Waals surface area contributed by atoms with E-state index < -0.39 is 11.7 Å². The van der Waals surface area contributed by atoms with E-state index in [-0.39, 0.29) is 31.0 Å². The van der Waals surface area contributed by atoms with Crippen molar-refractivity contribution in [2.45, 2.75) is 70.2 Å².